The van der Waals surface area contributed by atoms with Crippen molar-refractivity contribution in [2.24, 2.45) is 5.73 Å². The van der Waals surface area contributed by atoms with Crippen molar-refractivity contribution >= 4 is 5.91 Å². The second kappa shape index (κ2) is 4.14. The van der Waals surface area contributed by atoms with Gasteiger partial charge in [-0.3, -0.25) is 4.79 Å². The van der Waals surface area contributed by atoms with Crippen LogP contribution in [0.2, 0.25) is 0 Å². The molecule has 1 aromatic rings. The van der Waals surface area contributed by atoms with Crippen LogP contribution in [0.1, 0.15) is 24.8 Å². The molecule has 0 aromatic heterocycles. The zero-order chi connectivity index (χ0) is 11.6. The summed E-state index contributed by atoms with van der Waals surface area (Å²) in [6.07, 6.45) is 2.58. The molecule has 0 radical (unpaired) electrons. The molecule has 4 N–H and O–H groups in total. The van der Waals surface area contributed by atoms with Crippen molar-refractivity contribution in [2.75, 3.05) is 0 Å². The van der Waals surface area contributed by atoms with Crippen molar-refractivity contribution < 1.29 is 9.90 Å². The molecule has 0 bridgehead atoms. The lowest BCUT2D eigenvalue weighted by Crippen LogP contribution is -2.58. The Labute approximate surface area is 94.5 Å². The summed E-state index contributed by atoms with van der Waals surface area (Å²) in [7, 11) is 0. The van der Waals surface area contributed by atoms with Crippen molar-refractivity contribution in [1.82, 2.24) is 5.32 Å². The Kier molecular flexibility index (Phi) is 2.83. The lowest BCUT2D eigenvalue weighted by atomic mass is 9.77. The number of phenolic OH excluding ortho intramolecular Hbond substituents is 1. The monoisotopic (exact) mass is 220 g/mol. The third kappa shape index (κ3) is 2.17. The van der Waals surface area contributed by atoms with Crippen molar-refractivity contribution in [3.05, 3.63) is 29.8 Å². The second-order valence-electron chi connectivity index (χ2n) is 4.36. The fourth-order valence-corrected chi connectivity index (χ4v) is 1.76. The normalized spacial score (nSPS) is 17.6. The lowest BCUT2D eigenvalue weighted by molar-refractivity contribution is -0.129. The van der Waals surface area contributed by atoms with Crippen LogP contribution in [0.5, 0.6) is 5.75 Å². The van der Waals surface area contributed by atoms with Gasteiger partial charge in [-0.2, -0.15) is 0 Å². The maximum absolute atomic E-state index is 11.7. The van der Waals surface area contributed by atoms with E-state index in [1.54, 1.807) is 24.3 Å². The molecule has 1 fully saturated rings. The minimum Gasteiger partial charge on any atom is -0.508 e. The zero-order valence-corrected chi connectivity index (χ0v) is 9.07. The van der Waals surface area contributed by atoms with Crippen LogP contribution < -0.4 is 11.1 Å². The Balaban J connectivity index is 1.87. The largest absolute Gasteiger partial charge is 0.508 e. The molecule has 1 amide bonds. The van der Waals surface area contributed by atoms with E-state index in [0.29, 0.717) is 6.54 Å². The van der Waals surface area contributed by atoms with Gasteiger partial charge in [-0.05, 0) is 37.0 Å². The molecule has 1 aliphatic rings. The number of nitrogens with one attached hydrogen (secondary N) is 1. The number of nitrogens with two attached hydrogens (primary N) is 1. The third-order valence-corrected chi connectivity index (χ3v) is 3.09. The van der Waals surface area contributed by atoms with Gasteiger partial charge in [-0.25, -0.2) is 0 Å². The van der Waals surface area contributed by atoms with E-state index in [2.05, 4.69) is 5.32 Å². The van der Waals surface area contributed by atoms with Crippen molar-refractivity contribution in [3.8, 4) is 5.75 Å². The third-order valence-electron chi connectivity index (χ3n) is 3.09. The molecule has 16 heavy (non-hydrogen) atoms. The first kappa shape index (κ1) is 11.0. The molecule has 86 valence electrons. The van der Waals surface area contributed by atoms with Gasteiger partial charge in [0.25, 0.3) is 0 Å². The summed E-state index contributed by atoms with van der Waals surface area (Å²) in [5, 5.41) is 11.9. The van der Waals surface area contributed by atoms with E-state index < -0.39 is 5.54 Å². The van der Waals surface area contributed by atoms with E-state index in [0.717, 1.165) is 24.8 Å². The number of rotatable bonds is 3. The summed E-state index contributed by atoms with van der Waals surface area (Å²) in [5.74, 6) is 0.149. The molecular formula is C12H16N2O2. The highest BCUT2D eigenvalue weighted by Crippen LogP contribution is 2.29. The van der Waals surface area contributed by atoms with Gasteiger partial charge in [-0.15, -0.1) is 0 Å². The summed E-state index contributed by atoms with van der Waals surface area (Å²) >= 11 is 0. The Bertz CT molecular complexity index is 383. The highest BCUT2D eigenvalue weighted by atomic mass is 16.3. The Morgan fingerprint density at radius 1 is 1.38 bits per heavy atom. The molecule has 4 heteroatoms. The number of phenols is 1. The predicted molar refractivity (Wildman–Crippen MR) is 60.7 cm³/mol. The molecule has 2 rings (SSSR count). The molecule has 0 unspecified atom stereocenters. The van der Waals surface area contributed by atoms with Gasteiger partial charge < -0.3 is 16.2 Å². The summed E-state index contributed by atoms with van der Waals surface area (Å²) in [4.78, 5) is 11.7. The van der Waals surface area contributed by atoms with Gasteiger partial charge in [-0.1, -0.05) is 12.1 Å². The van der Waals surface area contributed by atoms with E-state index in [9.17, 15) is 4.79 Å². The first-order valence-electron chi connectivity index (χ1n) is 5.45. The smallest absolute Gasteiger partial charge is 0.240 e. The maximum atomic E-state index is 11.7. The number of amides is 1. The molecule has 0 atom stereocenters. The van der Waals surface area contributed by atoms with Crippen LogP contribution in [0.15, 0.2) is 24.3 Å². The van der Waals surface area contributed by atoms with Gasteiger partial charge >= 0.3 is 0 Å². The van der Waals surface area contributed by atoms with Crippen LogP contribution in [0.3, 0.4) is 0 Å². The van der Waals surface area contributed by atoms with Gasteiger partial charge in [0, 0.05) is 6.54 Å². The number of carbonyl (C=O) groups excluding carboxylic acids is 1. The lowest BCUT2D eigenvalue weighted by Gasteiger charge is -2.36. The highest BCUT2D eigenvalue weighted by molar-refractivity contribution is 5.86. The van der Waals surface area contributed by atoms with E-state index in [1.807, 2.05) is 0 Å². The quantitative estimate of drug-likeness (QED) is 0.708. The van der Waals surface area contributed by atoms with Crippen molar-refractivity contribution in [2.45, 2.75) is 31.3 Å². The summed E-state index contributed by atoms with van der Waals surface area (Å²) in [6, 6.07) is 6.76. The van der Waals surface area contributed by atoms with Crippen LogP contribution in [0.4, 0.5) is 0 Å². The van der Waals surface area contributed by atoms with Crippen molar-refractivity contribution in [3.63, 3.8) is 0 Å². The Morgan fingerprint density at radius 2 is 2.00 bits per heavy atom. The number of hydrogen-bond donors (Lipinski definition) is 3. The summed E-state index contributed by atoms with van der Waals surface area (Å²) in [6.45, 7) is 0.456. The molecular weight excluding hydrogens is 204 g/mol. The van der Waals surface area contributed by atoms with E-state index in [4.69, 9.17) is 10.8 Å². The van der Waals surface area contributed by atoms with E-state index in [1.165, 1.54) is 0 Å². The molecule has 0 saturated heterocycles. The predicted octanol–water partition coefficient (Wildman–Crippen LogP) is 0.890. The first-order chi connectivity index (χ1) is 7.60. The first-order valence-corrected chi connectivity index (χ1v) is 5.45. The number of hydrogen-bond acceptors (Lipinski definition) is 3. The number of benzene rings is 1. The minimum absolute atomic E-state index is 0.0770. The molecule has 4 nitrogen and oxygen atoms in total. The molecule has 1 aliphatic carbocycles. The number of carbonyl (C=O) groups is 1. The Morgan fingerprint density at radius 3 is 2.50 bits per heavy atom. The molecule has 0 spiro atoms. The highest BCUT2D eigenvalue weighted by Gasteiger charge is 2.39. The topological polar surface area (TPSA) is 75.4 Å². The minimum atomic E-state index is -0.642. The van der Waals surface area contributed by atoms with Crippen LogP contribution in [0, 0.1) is 0 Å². The maximum Gasteiger partial charge on any atom is 0.240 e. The zero-order valence-electron chi connectivity index (χ0n) is 9.07. The summed E-state index contributed by atoms with van der Waals surface area (Å²) < 4.78 is 0. The van der Waals surface area contributed by atoms with E-state index in [-0.39, 0.29) is 11.7 Å². The molecule has 0 heterocycles. The van der Waals surface area contributed by atoms with Crippen molar-refractivity contribution in [1.29, 1.82) is 0 Å². The standard InChI is InChI=1S/C12H16N2O2/c13-12(6-1-7-12)11(16)14-8-9-2-4-10(15)5-3-9/h2-5,15H,1,6-8,13H2,(H,14,16). The van der Waals surface area contributed by atoms with E-state index >= 15 is 0 Å². The van der Waals surface area contributed by atoms with Gasteiger partial charge in [0.1, 0.15) is 5.75 Å². The van der Waals surface area contributed by atoms with Crippen LogP contribution >= 0.6 is 0 Å². The molecule has 0 aliphatic heterocycles. The van der Waals surface area contributed by atoms with Crippen LogP contribution in [-0.2, 0) is 11.3 Å². The molecule has 1 saturated carbocycles. The number of aromatic hydroxyl groups is 1. The van der Waals surface area contributed by atoms with Crippen LogP contribution in [0.25, 0.3) is 0 Å². The fourth-order valence-electron chi connectivity index (χ4n) is 1.76. The fraction of sp³-hybridized carbons (Fsp3) is 0.417. The SMILES string of the molecule is NC1(C(=O)NCc2ccc(O)cc2)CCC1. The Hall–Kier alpha value is -1.55. The van der Waals surface area contributed by atoms with Gasteiger partial charge in [0.05, 0.1) is 5.54 Å². The average Bonchev–Trinajstić information content (AvgIpc) is 2.24. The second-order valence-corrected chi connectivity index (χ2v) is 4.36. The average molecular weight is 220 g/mol. The van der Waals surface area contributed by atoms with Gasteiger partial charge in [0.2, 0.25) is 5.91 Å². The molecule has 1 aromatic carbocycles. The summed E-state index contributed by atoms with van der Waals surface area (Å²) in [5.41, 5.74) is 6.19. The van der Waals surface area contributed by atoms with Gasteiger partial charge in [0.15, 0.2) is 0 Å². The van der Waals surface area contributed by atoms with Crippen LogP contribution in [-0.4, -0.2) is 16.6 Å².